The van der Waals surface area contributed by atoms with E-state index in [0.29, 0.717) is 6.54 Å². The van der Waals surface area contributed by atoms with Crippen LogP contribution >= 0.6 is 0 Å². The molecule has 1 amide bonds. The Morgan fingerprint density at radius 2 is 2.06 bits per heavy atom. The van der Waals surface area contributed by atoms with Gasteiger partial charge in [-0.1, -0.05) is 17.7 Å². The number of hydrogen-bond donors (Lipinski definition) is 2. The molecule has 0 atom stereocenters. The average molecular weight is 249 g/mol. The molecule has 0 aliphatic heterocycles. The number of aryl methyl sites for hydroxylation is 2. The number of nitrogens with zero attached hydrogens (tertiary/aromatic N) is 1. The van der Waals surface area contributed by atoms with Crippen molar-refractivity contribution in [2.45, 2.75) is 13.8 Å². The van der Waals surface area contributed by atoms with Crippen molar-refractivity contribution in [2.24, 2.45) is 0 Å². The molecule has 0 bridgehead atoms. The van der Waals surface area contributed by atoms with Crippen molar-refractivity contribution in [3.8, 4) is 0 Å². The zero-order valence-corrected chi connectivity index (χ0v) is 11.7. The Hall–Kier alpha value is -1.39. The molecule has 2 N–H and O–H groups in total. The minimum absolute atomic E-state index is 0.0283. The highest BCUT2D eigenvalue weighted by molar-refractivity contribution is 5.92. The lowest BCUT2D eigenvalue weighted by molar-refractivity contribution is -0.117. The second-order valence-electron chi connectivity index (χ2n) is 4.71. The molecule has 18 heavy (non-hydrogen) atoms. The third-order valence-electron chi connectivity index (χ3n) is 2.81. The monoisotopic (exact) mass is 249 g/mol. The van der Waals surface area contributed by atoms with Gasteiger partial charge in [0, 0.05) is 18.8 Å². The Morgan fingerprint density at radius 3 is 2.67 bits per heavy atom. The van der Waals surface area contributed by atoms with E-state index >= 15 is 0 Å². The Kier molecular flexibility index (Phi) is 5.82. The predicted molar refractivity (Wildman–Crippen MR) is 76.0 cm³/mol. The summed E-state index contributed by atoms with van der Waals surface area (Å²) >= 11 is 0. The minimum Gasteiger partial charge on any atom is -0.325 e. The Labute approximate surface area is 109 Å². The van der Waals surface area contributed by atoms with Gasteiger partial charge in [0.2, 0.25) is 5.91 Å². The zero-order chi connectivity index (χ0) is 13.5. The molecule has 4 heteroatoms. The first-order chi connectivity index (χ1) is 8.52. The SMILES string of the molecule is CNCCN(C)CC(=O)Nc1ccc(C)cc1C. The Morgan fingerprint density at radius 1 is 1.33 bits per heavy atom. The first kappa shape index (κ1) is 14.7. The largest absolute Gasteiger partial charge is 0.325 e. The molecule has 0 saturated heterocycles. The van der Waals surface area contributed by atoms with Crippen LogP contribution in [0, 0.1) is 13.8 Å². The summed E-state index contributed by atoms with van der Waals surface area (Å²) in [5.41, 5.74) is 3.20. The fraction of sp³-hybridized carbons (Fsp3) is 0.500. The number of carbonyl (C=O) groups is 1. The van der Waals surface area contributed by atoms with Gasteiger partial charge in [-0.2, -0.15) is 0 Å². The second-order valence-corrected chi connectivity index (χ2v) is 4.71. The molecule has 4 nitrogen and oxygen atoms in total. The maximum Gasteiger partial charge on any atom is 0.238 e. The molecule has 0 aliphatic carbocycles. The van der Waals surface area contributed by atoms with Gasteiger partial charge in [0.05, 0.1) is 6.54 Å². The smallest absolute Gasteiger partial charge is 0.238 e. The lowest BCUT2D eigenvalue weighted by atomic mass is 10.1. The van der Waals surface area contributed by atoms with E-state index in [9.17, 15) is 4.79 Å². The summed E-state index contributed by atoms with van der Waals surface area (Å²) in [6.07, 6.45) is 0. The summed E-state index contributed by atoms with van der Waals surface area (Å²) < 4.78 is 0. The van der Waals surface area contributed by atoms with Crippen LogP contribution in [0.3, 0.4) is 0 Å². The van der Waals surface area contributed by atoms with Crippen LogP contribution in [0.5, 0.6) is 0 Å². The molecule has 0 radical (unpaired) electrons. The average Bonchev–Trinajstić information content (AvgIpc) is 2.30. The Bertz CT molecular complexity index is 404. The molecule has 100 valence electrons. The standard InChI is InChI=1S/C14H23N3O/c1-11-5-6-13(12(2)9-11)16-14(18)10-17(4)8-7-15-3/h5-6,9,15H,7-8,10H2,1-4H3,(H,16,18). The van der Waals surface area contributed by atoms with E-state index in [4.69, 9.17) is 0 Å². The van der Waals surface area contributed by atoms with Crippen molar-refractivity contribution in [3.05, 3.63) is 29.3 Å². The van der Waals surface area contributed by atoms with Gasteiger partial charge in [-0.05, 0) is 39.6 Å². The number of rotatable bonds is 6. The number of anilines is 1. The van der Waals surface area contributed by atoms with Gasteiger partial charge >= 0.3 is 0 Å². The maximum absolute atomic E-state index is 11.8. The van der Waals surface area contributed by atoms with Crippen LogP contribution < -0.4 is 10.6 Å². The molecule has 0 saturated carbocycles. The van der Waals surface area contributed by atoms with Gasteiger partial charge in [0.15, 0.2) is 0 Å². The van der Waals surface area contributed by atoms with Crippen molar-refractivity contribution in [1.29, 1.82) is 0 Å². The van der Waals surface area contributed by atoms with Gasteiger partial charge in [0.1, 0.15) is 0 Å². The summed E-state index contributed by atoms with van der Waals surface area (Å²) in [5, 5.41) is 6.01. The van der Waals surface area contributed by atoms with Crippen molar-refractivity contribution >= 4 is 11.6 Å². The molecular formula is C14H23N3O. The van der Waals surface area contributed by atoms with E-state index < -0.39 is 0 Å². The van der Waals surface area contributed by atoms with Crippen LogP contribution in [0.1, 0.15) is 11.1 Å². The molecule has 0 aliphatic rings. The summed E-state index contributed by atoms with van der Waals surface area (Å²) in [4.78, 5) is 13.8. The number of benzene rings is 1. The molecule has 0 unspecified atom stereocenters. The topological polar surface area (TPSA) is 44.4 Å². The van der Waals surface area contributed by atoms with Crippen molar-refractivity contribution in [1.82, 2.24) is 10.2 Å². The molecule has 0 aromatic heterocycles. The van der Waals surface area contributed by atoms with Crippen LogP contribution in [0.25, 0.3) is 0 Å². The summed E-state index contributed by atoms with van der Waals surface area (Å²) in [7, 11) is 3.85. The van der Waals surface area contributed by atoms with Gasteiger partial charge in [-0.3, -0.25) is 9.69 Å². The first-order valence-electron chi connectivity index (χ1n) is 6.23. The van der Waals surface area contributed by atoms with E-state index in [1.807, 2.05) is 45.0 Å². The van der Waals surface area contributed by atoms with Crippen molar-refractivity contribution < 1.29 is 4.79 Å². The quantitative estimate of drug-likeness (QED) is 0.801. The third kappa shape index (κ3) is 4.85. The molecule has 1 aromatic rings. The van der Waals surface area contributed by atoms with Crippen molar-refractivity contribution in [2.75, 3.05) is 39.0 Å². The highest BCUT2D eigenvalue weighted by Crippen LogP contribution is 2.15. The summed E-state index contributed by atoms with van der Waals surface area (Å²) in [5.74, 6) is 0.0283. The van der Waals surface area contributed by atoms with E-state index in [1.54, 1.807) is 0 Å². The van der Waals surface area contributed by atoms with Gasteiger partial charge in [-0.25, -0.2) is 0 Å². The highest BCUT2D eigenvalue weighted by atomic mass is 16.2. The van der Waals surface area contributed by atoms with Crippen LogP contribution in [0.15, 0.2) is 18.2 Å². The number of carbonyl (C=O) groups excluding carboxylic acids is 1. The van der Waals surface area contributed by atoms with Gasteiger partial charge in [0.25, 0.3) is 0 Å². The number of hydrogen-bond acceptors (Lipinski definition) is 3. The van der Waals surface area contributed by atoms with Crippen LogP contribution in [0.4, 0.5) is 5.69 Å². The van der Waals surface area contributed by atoms with Crippen LogP contribution in [0.2, 0.25) is 0 Å². The lowest BCUT2D eigenvalue weighted by Gasteiger charge is -2.16. The highest BCUT2D eigenvalue weighted by Gasteiger charge is 2.07. The summed E-state index contributed by atoms with van der Waals surface area (Å²) in [6.45, 7) is 6.20. The van der Waals surface area contributed by atoms with E-state index in [-0.39, 0.29) is 5.91 Å². The van der Waals surface area contributed by atoms with Gasteiger partial charge < -0.3 is 10.6 Å². The normalized spacial score (nSPS) is 10.7. The second kappa shape index (κ2) is 7.13. The third-order valence-corrected chi connectivity index (χ3v) is 2.81. The maximum atomic E-state index is 11.8. The molecule has 0 fully saturated rings. The van der Waals surface area contributed by atoms with E-state index in [0.717, 1.165) is 24.3 Å². The van der Waals surface area contributed by atoms with E-state index in [2.05, 4.69) is 16.7 Å². The number of amides is 1. The zero-order valence-electron chi connectivity index (χ0n) is 11.7. The molecule has 0 spiro atoms. The van der Waals surface area contributed by atoms with Crippen LogP contribution in [-0.4, -0.2) is 44.5 Å². The molecular weight excluding hydrogens is 226 g/mol. The molecule has 1 rings (SSSR count). The predicted octanol–water partition coefficient (Wildman–Crippen LogP) is 1.39. The molecule has 0 heterocycles. The first-order valence-corrected chi connectivity index (χ1v) is 6.23. The lowest BCUT2D eigenvalue weighted by Crippen LogP contribution is -2.34. The van der Waals surface area contributed by atoms with Crippen molar-refractivity contribution in [3.63, 3.8) is 0 Å². The summed E-state index contributed by atoms with van der Waals surface area (Å²) in [6, 6.07) is 6.03. The van der Waals surface area contributed by atoms with Gasteiger partial charge in [-0.15, -0.1) is 0 Å². The minimum atomic E-state index is 0.0283. The fourth-order valence-electron chi connectivity index (χ4n) is 1.77. The molecule has 1 aromatic carbocycles. The Balaban J connectivity index is 2.49. The number of nitrogens with one attached hydrogen (secondary N) is 2. The number of likely N-dealkylation sites (N-methyl/N-ethyl adjacent to an activating group) is 2. The van der Waals surface area contributed by atoms with E-state index in [1.165, 1.54) is 5.56 Å². The van der Waals surface area contributed by atoms with Crippen LogP contribution in [-0.2, 0) is 4.79 Å². The fourth-order valence-corrected chi connectivity index (χ4v) is 1.77.